The van der Waals surface area contributed by atoms with Gasteiger partial charge in [0.2, 0.25) is 6.23 Å². The minimum atomic E-state index is -3.92. The number of aromatic amines is 1. The molecule has 2 aromatic carbocycles. The highest BCUT2D eigenvalue weighted by molar-refractivity contribution is 5.90. The third kappa shape index (κ3) is 4.64. The van der Waals surface area contributed by atoms with Crippen LogP contribution in [0.5, 0.6) is 0 Å². The summed E-state index contributed by atoms with van der Waals surface area (Å²) in [6.07, 6.45) is -5.20. The van der Waals surface area contributed by atoms with Gasteiger partial charge in [0.15, 0.2) is 6.10 Å². The van der Waals surface area contributed by atoms with Crippen molar-refractivity contribution in [1.82, 2.24) is 9.55 Å². The molecule has 4 rings (SSSR count). The van der Waals surface area contributed by atoms with Gasteiger partial charge in [-0.25, -0.2) is 14.4 Å². The van der Waals surface area contributed by atoms with E-state index in [1.807, 2.05) is 4.98 Å². The number of alkyl halides is 2. The second-order valence-corrected chi connectivity index (χ2v) is 7.38. The fraction of sp³-hybridized carbons (Fsp3) is 0.217. The average Bonchev–Trinajstić information content (AvgIpc) is 3.08. The summed E-state index contributed by atoms with van der Waals surface area (Å²) in [6.45, 7) is -0.690. The van der Waals surface area contributed by atoms with E-state index in [4.69, 9.17) is 14.2 Å². The first-order valence-electron chi connectivity index (χ1n) is 10.1. The molecule has 176 valence electrons. The maximum atomic E-state index is 15.4. The summed E-state index contributed by atoms with van der Waals surface area (Å²) in [5.41, 5.74) is -1.74. The van der Waals surface area contributed by atoms with Gasteiger partial charge in [0.1, 0.15) is 12.7 Å². The van der Waals surface area contributed by atoms with Crippen molar-refractivity contribution in [3.05, 3.63) is 105 Å². The number of hydrogen-bond acceptors (Lipinski definition) is 7. The Hall–Kier alpha value is -4.12. The van der Waals surface area contributed by atoms with Gasteiger partial charge < -0.3 is 14.2 Å². The van der Waals surface area contributed by atoms with Crippen LogP contribution < -0.4 is 11.2 Å². The van der Waals surface area contributed by atoms with Crippen LogP contribution in [-0.2, 0) is 14.2 Å². The molecule has 0 aliphatic carbocycles. The number of aromatic nitrogens is 2. The normalized spacial score (nSPS) is 21.1. The zero-order valence-corrected chi connectivity index (χ0v) is 17.4. The van der Waals surface area contributed by atoms with E-state index in [0.717, 1.165) is 12.3 Å². The van der Waals surface area contributed by atoms with Crippen molar-refractivity contribution in [2.24, 2.45) is 0 Å². The van der Waals surface area contributed by atoms with Crippen molar-refractivity contribution in [2.45, 2.75) is 24.4 Å². The molecule has 11 heteroatoms. The van der Waals surface area contributed by atoms with Crippen molar-refractivity contribution >= 4 is 11.9 Å². The molecule has 0 bridgehead atoms. The van der Waals surface area contributed by atoms with Crippen LogP contribution in [-0.4, -0.2) is 46.2 Å². The van der Waals surface area contributed by atoms with Crippen LogP contribution in [0.4, 0.5) is 8.78 Å². The molecule has 0 radical (unpaired) electrons. The maximum Gasteiger partial charge on any atom is 0.338 e. The monoisotopic (exact) mass is 472 g/mol. The SMILES string of the molecule is O=C(OC[C@H]1O[C@@H](n2ccc(=O)[nH]c2=O)C(F)(F)C1OC(=O)c1ccccc1)c1ccccc1. The van der Waals surface area contributed by atoms with Gasteiger partial charge >= 0.3 is 23.6 Å². The summed E-state index contributed by atoms with van der Waals surface area (Å²) >= 11 is 0. The molecule has 1 unspecified atom stereocenters. The summed E-state index contributed by atoms with van der Waals surface area (Å²) < 4.78 is 46.9. The highest BCUT2D eigenvalue weighted by atomic mass is 19.3. The number of esters is 2. The summed E-state index contributed by atoms with van der Waals surface area (Å²) in [6, 6.07) is 16.1. The van der Waals surface area contributed by atoms with E-state index in [2.05, 4.69) is 0 Å². The van der Waals surface area contributed by atoms with Crippen LogP contribution in [0.2, 0.25) is 0 Å². The lowest BCUT2D eigenvalue weighted by atomic mass is 10.1. The Morgan fingerprint density at radius 2 is 1.53 bits per heavy atom. The van der Waals surface area contributed by atoms with Gasteiger partial charge in [-0.2, -0.15) is 8.78 Å². The van der Waals surface area contributed by atoms with E-state index in [-0.39, 0.29) is 11.1 Å². The van der Waals surface area contributed by atoms with Crippen molar-refractivity contribution in [2.75, 3.05) is 6.61 Å². The number of carbonyl (C=O) groups excluding carboxylic acids is 2. The molecule has 0 spiro atoms. The lowest BCUT2D eigenvalue weighted by molar-refractivity contribution is -0.142. The Bertz CT molecular complexity index is 1290. The zero-order valence-electron chi connectivity index (χ0n) is 17.4. The Kier molecular flexibility index (Phi) is 6.37. The predicted molar refractivity (Wildman–Crippen MR) is 113 cm³/mol. The summed E-state index contributed by atoms with van der Waals surface area (Å²) in [5.74, 6) is -5.77. The predicted octanol–water partition coefficient (Wildman–Crippen LogP) is 2.15. The van der Waals surface area contributed by atoms with Crippen LogP contribution in [0.3, 0.4) is 0 Å². The zero-order chi connectivity index (χ0) is 24.3. The first kappa shape index (κ1) is 23.1. The van der Waals surface area contributed by atoms with Gasteiger partial charge in [0.25, 0.3) is 5.56 Å². The number of H-pyrrole nitrogens is 1. The van der Waals surface area contributed by atoms with Crippen molar-refractivity contribution < 1.29 is 32.6 Å². The Labute approximate surface area is 190 Å². The molecule has 34 heavy (non-hydrogen) atoms. The number of ether oxygens (including phenoxy) is 3. The molecule has 1 fully saturated rings. The molecule has 2 heterocycles. The van der Waals surface area contributed by atoms with E-state index in [0.29, 0.717) is 4.57 Å². The molecule has 0 amide bonds. The van der Waals surface area contributed by atoms with Gasteiger partial charge in [-0.05, 0) is 24.3 Å². The van der Waals surface area contributed by atoms with E-state index in [9.17, 15) is 19.2 Å². The highest BCUT2D eigenvalue weighted by Crippen LogP contribution is 2.44. The smallest absolute Gasteiger partial charge is 0.338 e. The molecule has 1 aliphatic rings. The maximum absolute atomic E-state index is 15.4. The lowest BCUT2D eigenvalue weighted by Crippen LogP contribution is -2.45. The Morgan fingerprint density at radius 1 is 0.941 bits per heavy atom. The number of nitrogens with one attached hydrogen (secondary N) is 1. The second kappa shape index (κ2) is 9.40. The van der Waals surface area contributed by atoms with Crippen molar-refractivity contribution in [3.63, 3.8) is 0 Å². The van der Waals surface area contributed by atoms with E-state index < -0.39 is 54.2 Å². The summed E-state index contributed by atoms with van der Waals surface area (Å²) in [7, 11) is 0. The third-order valence-electron chi connectivity index (χ3n) is 5.09. The van der Waals surface area contributed by atoms with E-state index in [1.54, 1.807) is 24.3 Å². The third-order valence-corrected chi connectivity index (χ3v) is 5.09. The van der Waals surface area contributed by atoms with Gasteiger partial charge in [-0.15, -0.1) is 0 Å². The van der Waals surface area contributed by atoms with E-state index in [1.165, 1.54) is 36.4 Å². The molecule has 3 aromatic rings. The van der Waals surface area contributed by atoms with E-state index >= 15 is 8.78 Å². The molecule has 0 saturated carbocycles. The minimum Gasteiger partial charge on any atom is -0.459 e. The van der Waals surface area contributed by atoms with Crippen LogP contribution in [0.1, 0.15) is 26.9 Å². The summed E-state index contributed by atoms with van der Waals surface area (Å²) in [4.78, 5) is 50.1. The number of hydrogen-bond donors (Lipinski definition) is 1. The number of nitrogens with zero attached hydrogens (tertiary/aromatic N) is 1. The van der Waals surface area contributed by atoms with Crippen molar-refractivity contribution in [3.8, 4) is 0 Å². The molecular formula is C23H18F2N2O7. The Balaban J connectivity index is 1.62. The number of carbonyl (C=O) groups is 2. The second-order valence-electron chi connectivity index (χ2n) is 7.38. The first-order chi connectivity index (χ1) is 16.3. The molecule has 1 aliphatic heterocycles. The van der Waals surface area contributed by atoms with Crippen LogP contribution in [0.25, 0.3) is 0 Å². The largest absolute Gasteiger partial charge is 0.459 e. The van der Waals surface area contributed by atoms with Crippen LogP contribution in [0.15, 0.2) is 82.5 Å². The van der Waals surface area contributed by atoms with Gasteiger partial charge in [0.05, 0.1) is 11.1 Å². The molecule has 1 N–H and O–H groups in total. The number of benzene rings is 2. The van der Waals surface area contributed by atoms with Crippen molar-refractivity contribution in [1.29, 1.82) is 0 Å². The Morgan fingerprint density at radius 3 is 2.12 bits per heavy atom. The average molecular weight is 472 g/mol. The quantitative estimate of drug-likeness (QED) is 0.547. The van der Waals surface area contributed by atoms with Gasteiger partial charge in [0, 0.05) is 12.3 Å². The topological polar surface area (TPSA) is 117 Å². The fourth-order valence-electron chi connectivity index (χ4n) is 3.43. The van der Waals surface area contributed by atoms with Gasteiger partial charge in [-0.1, -0.05) is 36.4 Å². The number of halogens is 2. The fourth-order valence-corrected chi connectivity index (χ4v) is 3.43. The molecule has 1 saturated heterocycles. The molecule has 3 atom stereocenters. The molecular weight excluding hydrogens is 454 g/mol. The lowest BCUT2D eigenvalue weighted by Gasteiger charge is -2.24. The number of rotatable bonds is 6. The van der Waals surface area contributed by atoms with Gasteiger partial charge in [-0.3, -0.25) is 14.3 Å². The standard InChI is InChI=1S/C23H18F2N2O7/c24-23(25)18(34-20(30)15-9-5-2-6-10-15)16(13-32-19(29)14-7-3-1-4-8-14)33-21(23)27-12-11-17(28)26-22(27)31/h1-12,16,18,21H,13H2,(H,26,28,31)/t16-,18?,21-/m1/s1. The minimum absolute atomic E-state index is 0.0167. The van der Waals surface area contributed by atoms with Crippen LogP contribution >= 0.6 is 0 Å². The molecule has 9 nitrogen and oxygen atoms in total. The summed E-state index contributed by atoms with van der Waals surface area (Å²) in [5, 5.41) is 0. The molecule has 1 aromatic heterocycles. The highest BCUT2D eigenvalue weighted by Gasteiger charge is 2.62. The first-order valence-corrected chi connectivity index (χ1v) is 10.1. The van der Waals surface area contributed by atoms with Crippen LogP contribution in [0, 0.1) is 0 Å².